The molecule has 0 amide bonds. The molecule has 0 aliphatic carbocycles. The number of rotatable bonds is 8. The molecule has 4 heteroatoms. The summed E-state index contributed by atoms with van der Waals surface area (Å²) in [6.45, 7) is 4.74. The van der Waals surface area contributed by atoms with Gasteiger partial charge in [0.2, 0.25) is 0 Å². The molecule has 0 saturated heterocycles. The Kier molecular flexibility index (Phi) is 7.97. The minimum Gasteiger partial charge on any atom is -0.421 e. The van der Waals surface area contributed by atoms with Gasteiger partial charge in [0.05, 0.1) is 0 Å². The van der Waals surface area contributed by atoms with Crippen molar-refractivity contribution >= 4 is 18.0 Å². The Labute approximate surface area is 132 Å². The van der Waals surface area contributed by atoms with Crippen LogP contribution in [0.5, 0.6) is 0 Å². The predicted octanol–water partition coefficient (Wildman–Crippen LogP) is 3.88. The Hall–Kier alpha value is -2.10. The number of hydrogen-bond donors (Lipinski definition) is 0. The number of aryl methyl sites for hydroxylation is 1. The SMILES string of the molecule is CCCCCc1ccc(/C=C/C(OC(C)=O)OC(C)=O)cc1. The molecule has 0 aliphatic heterocycles. The lowest BCUT2D eigenvalue weighted by molar-refractivity contribution is -0.176. The zero-order valence-electron chi connectivity index (χ0n) is 13.5. The number of hydrogen-bond acceptors (Lipinski definition) is 4. The predicted molar refractivity (Wildman–Crippen MR) is 86.0 cm³/mol. The first kappa shape index (κ1) is 18.0. The lowest BCUT2D eigenvalue weighted by Crippen LogP contribution is -2.19. The van der Waals surface area contributed by atoms with Gasteiger partial charge in [0.1, 0.15) is 0 Å². The smallest absolute Gasteiger partial charge is 0.305 e. The quantitative estimate of drug-likeness (QED) is 0.415. The third-order valence-corrected chi connectivity index (χ3v) is 3.06. The maximum Gasteiger partial charge on any atom is 0.305 e. The third-order valence-electron chi connectivity index (χ3n) is 3.06. The third kappa shape index (κ3) is 7.62. The van der Waals surface area contributed by atoms with Crippen LogP contribution in [0, 0.1) is 0 Å². The summed E-state index contributed by atoms with van der Waals surface area (Å²) in [6.07, 6.45) is 7.08. The van der Waals surface area contributed by atoms with E-state index < -0.39 is 18.2 Å². The second-order valence-electron chi connectivity index (χ2n) is 5.15. The van der Waals surface area contributed by atoms with Gasteiger partial charge in [0.25, 0.3) is 6.29 Å². The molecule has 0 unspecified atom stereocenters. The number of carbonyl (C=O) groups is 2. The molecule has 1 aromatic carbocycles. The zero-order chi connectivity index (χ0) is 16.4. The number of ether oxygens (including phenoxy) is 2. The van der Waals surface area contributed by atoms with E-state index in [0.717, 1.165) is 12.0 Å². The molecule has 0 bridgehead atoms. The van der Waals surface area contributed by atoms with Crippen LogP contribution >= 0.6 is 0 Å². The van der Waals surface area contributed by atoms with Crippen LogP contribution in [0.25, 0.3) is 6.08 Å². The van der Waals surface area contributed by atoms with Crippen molar-refractivity contribution in [2.45, 2.75) is 52.7 Å². The van der Waals surface area contributed by atoms with E-state index in [2.05, 4.69) is 19.1 Å². The number of benzene rings is 1. The molecule has 22 heavy (non-hydrogen) atoms. The highest BCUT2D eigenvalue weighted by molar-refractivity contribution is 5.68. The molecule has 0 N–H and O–H groups in total. The highest BCUT2D eigenvalue weighted by Gasteiger charge is 2.10. The van der Waals surface area contributed by atoms with Crippen molar-refractivity contribution in [3.05, 3.63) is 41.5 Å². The van der Waals surface area contributed by atoms with E-state index in [1.54, 1.807) is 12.2 Å². The fourth-order valence-corrected chi connectivity index (χ4v) is 1.99. The van der Waals surface area contributed by atoms with Gasteiger partial charge in [-0.1, -0.05) is 50.1 Å². The zero-order valence-corrected chi connectivity index (χ0v) is 13.5. The largest absolute Gasteiger partial charge is 0.421 e. The van der Waals surface area contributed by atoms with E-state index in [-0.39, 0.29) is 0 Å². The lowest BCUT2D eigenvalue weighted by Gasteiger charge is -2.12. The average molecular weight is 304 g/mol. The first-order valence-electron chi connectivity index (χ1n) is 7.63. The normalized spacial score (nSPS) is 10.9. The van der Waals surface area contributed by atoms with Crippen LogP contribution in [-0.2, 0) is 25.5 Å². The van der Waals surface area contributed by atoms with E-state index in [4.69, 9.17) is 9.47 Å². The molecular weight excluding hydrogens is 280 g/mol. The Balaban J connectivity index is 2.62. The summed E-state index contributed by atoms with van der Waals surface area (Å²) < 4.78 is 9.81. The highest BCUT2D eigenvalue weighted by atomic mass is 16.7. The Morgan fingerprint density at radius 3 is 2.14 bits per heavy atom. The van der Waals surface area contributed by atoms with Crippen molar-refractivity contribution < 1.29 is 19.1 Å². The topological polar surface area (TPSA) is 52.6 Å². The van der Waals surface area contributed by atoms with Crippen molar-refractivity contribution in [2.24, 2.45) is 0 Å². The molecule has 0 spiro atoms. The van der Waals surface area contributed by atoms with Gasteiger partial charge in [-0.05, 0) is 30.0 Å². The van der Waals surface area contributed by atoms with Crippen LogP contribution in [-0.4, -0.2) is 18.2 Å². The molecule has 0 radical (unpaired) electrons. The number of carbonyl (C=O) groups excluding carboxylic acids is 2. The second-order valence-corrected chi connectivity index (χ2v) is 5.15. The van der Waals surface area contributed by atoms with Crippen LogP contribution in [0.1, 0.15) is 51.2 Å². The molecule has 0 saturated carbocycles. The molecule has 1 aromatic rings. The van der Waals surface area contributed by atoms with Crippen molar-refractivity contribution in [3.63, 3.8) is 0 Å². The molecule has 0 atom stereocenters. The van der Waals surface area contributed by atoms with Crippen molar-refractivity contribution in [3.8, 4) is 0 Å². The Bertz CT molecular complexity index is 486. The molecule has 120 valence electrons. The average Bonchev–Trinajstić information content (AvgIpc) is 2.45. The molecule has 0 fully saturated rings. The number of esters is 2. The first-order valence-corrected chi connectivity index (χ1v) is 7.63. The van der Waals surface area contributed by atoms with Crippen LogP contribution in [0.4, 0.5) is 0 Å². The molecule has 0 aromatic heterocycles. The van der Waals surface area contributed by atoms with E-state index >= 15 is 0 Å². The summed E-state index contributed by atoms with van der Waals surface area (Å²) in [4.78, 5) is 21.9. The Morgan fingerprint density at radius 1 is 1.05 bits per heavy atom. The second kappa shape index (κ2) is 9.77. The van der Waals surface area contributed by atoms with Crippen LogP contribution in [0.3, 0.4) is 0 Å². The maximum atomic E-state index is 11.0. The molecule has 0 aliphatic rings. The van der Waals surface area contributed by atoms with Crippen molar-refractivity contribution in [1.82, 2.24) is 0 Å². The van der Waals surface area contributed by atoms with Gasteiger partial charge in [-0.25, -0.2) is 0 Å². The van der Waals surface area contributed by atoms with Crippen molar-refractivity contribution in [1.29, 1.82) is 0 Å². The van der Waals surface area contributed by atoms with Crippen LogP contribution in [0.15, 0.2) is 30.3 Å². The van der Waals surface area contributed by atoms with Gasteiger partial charge in [-0.3, -0.25) is 9.59 Å². The van der Waals surface area contributed by atoms with Gasteiger partial charge < -0.3 is 9.47 Å². The van der Waals surface area contributed by atoms with Crippen LogP contribution < -0.4 is 0 Å². The highest BCUT2D eigenvalue weighted by Crippen LogP contribution is 2.11. The van der Waals surface area contributed by atoms with Gasteiger partial charge in [-0.15, -0.1) is 0 Å². The summed E-state index contributed by atoms with van der Waals surface area (Å²) in [5, 5.41) is 0. The van der Waals surface area contributed by atoms with E-state index in [0.29, 0.717) is 0 Å². The fraction of sp³-hybridized carbons (Fsp3) is 0.444. The van der Waals surface area contributed by atoms with Crippen molar-refractivity contribution in [2.75, 3.05) is 0 Å². The standard InChI is InChI=1S/C18H24O4/c1-4-5-6-7-16-8-10-17(11-9-16)12-13-18(21-14(2)19)22-15(3)20/h8-13,18H,4-7H2,1-3H3/b13-12+. The number of unbranched alkanes of at least 4 members (excludes halogenated alkanes) is 2. The van der Waals surface area contributed by atoms with E-state index in [9.17, 15) is 9.59 Å². The monoisotopic (exact) mass is 304 g/mol. The van der Waals surface area contributed by atoms with Gasteiger partial charge in [-0.2, -0.15) is 0 Å². The summed E-state index contributed by atoms with van der Waals surface area (Å²) in [6, 6.07) is 8.16. The molecule has 1 rings (SSSR count). The van der Waals surface area contributed by atoms with E-state index in [1.807, 2.05) is 12.1 Å². The lowest BCUT2D eigenvalue weighted by atomic mass is 10.1. The van der Waals surface area contributed by atoms with E-state index in [1.165, 1.54) is 38.7 Å². The molecular formula is C18H24O4. The fourth-order valence-electron chi connectivity index (χ4n) is 1.99. The molecule has 4 nitrogen and oxygen atoms in total. The van der Waals surface area contributed by atoms with Gasteiger partial charge >= 0.3 is 11.9 Å². The minimum absolute atomic E-state index is 0.498. The van der Waals surface area contributed by atoms with Crippen LogP contribution in [0.2, 0.25) is 0 Å². The summed E-state index contributed by atoms with van der Waals surface area (Å²) in [5.41, 5.74) is 2.27. The summed E-state index contributed by atoms with van der Waals surface area (Å²) in [7, 11) is 0. The summed E-state index contributed by atoms with van der Waals surface area (Å²) >= 11 is 0. The van der Waals surface area contributed by atoms with Gasteiger partial charge in [0.15, 0.2) is 0 Å². The summed E-state index contributed by atoms with van der Waals surface area (Å²) in [5.74, 6) is -0.996. The van der Waals surface area contributed by atoms with Gasteiger partial charge in [0, 0.05) is 13.8 Å². The first-order chi connectivity index (χ1) is 10.5. The maximum absolute atomic E-state index is 11.0. The minimum atomic E-state index is -0.987. The molecule has 0 heterocycles. The Morgan fingerprint density at radius 2 is 1.64 bits per heavy atom.